The molecule has 1 N–H and O–H groups in total. The maximum absolute atomic E-state index is 13.0. The molecule has 0 bridgehead atoms. The van der Waals surface area contributed by atoms with Gasteiger partial charge in [-0.15, -0.1) is 0 Å². The van der Waals surface area contributed by atoms with Crippen molar-refractivity contribution in [1.82, 2.24) is 10.2 Å². The van der Waals surface area contributed by atoms with E-state index in [-0.39, 0.29) is 17.9 Å². The number of piperazine rings is 1. The summed E-state index contributed by atoms with van der Waals surface area (Å²) in [5.74, 6) is 0.0707. The fraction of sp³-hybridized carbons (Fsp3) is 0.867. The molecule has 1 aliphatic heterocycles. The average molecular weight is 282 g/mol. The molecule has 1 spiro atoms. The summed E-state index contributed by atoms with van der Waals surface area (Å²) >= 11 is 0. The molecule has 1 aliphatic carbocycles. The maximum atomic E-state index is 13.0. The fourth-order valence-corrected chi connectivity index (χ4v) is 3.57. The van der Waals surface area contributed by atoms with Crippen LogP contribution in [0.5, 0.6) is 0 Å². The minimum absolute atomic E-state index is 0.00368. The number of amides is 2. The van der Waals surface area contributed by atoms with E-state index in [9.17, 15) is 9.59 Å². The van der Waals surface area contributed by atoms with Crippen LogP contribution in [0.1, 0.15) is 52.4 Å². The number of carbonyl (C=O) groups is 2. The Hall–Kier alpha value is -1.10. The molecule has 1 saturated heterocycles. The Balaban J connectivity index is 2.27. The van der Waals surface area contributed by atoms with Crippen molar-refractivity contribution in [2.45, 2.75) is 70.0 Å². The zero-order chi connectivity index (χ0) is 14.8. The lowest BCUT2D eigenvalue weighted by atomic mass is 9.89. The largest absolute Gasteiger partial charge is 0.383 e. The summed E-state index contributed by atoms with van der Waals surface area (Å²) in [6, 6.07) is -0.406. The standard InChI is InChI=1S/C15H26N2O3/c1-4-7-12(10-20-3)17-11(2)13(18)16-15(14(17)19)8-5-6-9-15/h11-12H,4-10H2,1-3H3,(H,16,18). The lowest BCUT2D eigenvalue weighted by Gasteiger charge is -2.46. The third kappa shape index (κ3) is 2.55. The first-order chi connectivity index (χ1) is 9.55. The van der Waals surface area contributed by atoms with E-state index in [4.69, 9.17) is 4.74 Å². The van der Waals surface area contributed by atoms with Gasteiger partial charge in [-0.1, -0.05) is 26.2 Å². The van der Waals surface area contributed by atoms with Crippen molar-refractivity contribution in [2.24, 2.45) is 0 Å². The Morgan fingerprint density at radius 3 is 2.60 bits per heavy atom. The van der Waals surface area contributed by atoms with Gasteiger partial charge in [0.25, 0.3) is 0 Å². The van der Waals surface area contributed by atoms with Gasteiger partial charge in [0.15, 0.2) is 0 Å². The van der Waals surface area contributed by atoms with Crippen LogP contribution in [0, 0.1) is 0 Å². The van der Waals surface area contributed by atoms with Crippen LogP contribution in [0.25, 0.3) is 0 Å². The van der Waals surface area contributed by atoms with Crippen molar-refractivity contribution in [3.63, 3.8) is 0 Å². The molecule has 1 heterocycles. The molecule has 2 rings (SSSR count). The van der Waals surface area contributed by atoms with Gasteiger partial charge < -0.3 is 15.0 Å². The second-order valence-electron chi connectivity index (χ2n) is 6.06. The van der Waals surface area contributed by atoms with Gasteiger partial charge in [-0.2, -0.15) is 0 Å². The Morgan fingerprint density at radius 1 is 1.40 bits per heavy atom. The summed E-state index contributed by atoms with van der Waals surface area (Å²) in [5, 5.41) is 2.99. The molecule has 1 saturated carbocycles. The van der Waals surface area contributed by atoms with Crippen molar-refractivity contribution < 1.29 is 14.3 Å². The van der Waals surface area contributed by atoms with Gasteiger partial charge in [0.05, 0.1) is 12.6 Å². The molecule has 0 aromatic carbocycles. The number of hydrogen-bond donors (Lipinski definition) is 1. The van der Waals surface area contributed by atoms with Crippen molar-refractivity contribution in [3.8, 4) is 0 Å². The lowest BCUT2D eigenvalue weighted by molar-refractivity contribution is -0.158. The highest BCUT2D eigenvalue weighted by Crippen LogP contribution is 2.35. The summed E-state index contributed by atoms with van der Waals surface area (Å²) in [6.07, 6.45) is 5.40. The van der Waals surface area contributed by atoms with Crippen molar-refractivity contribution >= 4 is 11.8 Å². The molecule has 2 atom stereocenters. The molecule has 0 aromatic heterocycles. The molecule has 2 unspecified atom stereocenters. The lowest BCUT2D eigenvalue weighted by Crippen LogP contribution is -2.71. The van der Waals surface area contributed by atoms with Crippen molar-refractivity contribution in [3.05, 3.63) is 0 Å². The minimum atomic E-state index is -0.636. The summed E-state index contributed by atoms with van der Waals surface area (Å²) in [5.41, 5.74) is -0.636. The van der Waals surface area contributed by atoms with Crippen LogP contribution >= 0.6 is 0 Å². The maximum Gasteiger partial charge on any atom is 0.249 e. The van der Waals surface area contributed by atoms with Gasteiger partial charge in [-0.05, 0) is 26.2 Å². The number of rotatable bonds is 5. The summed E-state index contributed by atoms with van der Waals surface area (Å²) in [4.78, 5) is 27.0. The van der Waals surface area contributed by atoms with Gasteiger partial charge in [0.2, 0.25) is 11.8 Å². The van der Waals surface area contributed by atoms with E-state index in [2.05, 4.69) is 12.2 Å². The highest BCUT2D eigenvalue weighted by Gasteiger charge is 2.52. The van der Waals surface area contributed by atoms with E-state index < -0.39 is 11.6 Å². The Morgan fingerprint density at radius 2 is 2.05 bits per heavy atom. The predicted molar refractivity (Wildman–Crippen MR) is 76.2 cm³/mol. The van der Waals surface area contributed by atoms with Crippen molar-refractivity contribution in [2.75, 3.05) is 13.7 Å². The number of carbonyl (C=O) groups excluding carboxylic acids is 2. The number of ether oxygens (including phenoxy) is 1. The SMILES string of the molecule is CCCC(COC)N1C(=O)C2(CCCC2)NC(=O)C1C. The molecule has 20 heavy (non-hydrogen) atoms. The molecular weight excluding hydrogens is 256 g/mol. The molecule has 5 nitrogen and oxygen atoms in total. The van der Waals surface area contributed by atoms with E-state index in [1.807, 2.05) is 6.92 Å². The summed E-state index contributed by atoms with van der Waals surface area (Å²) < 4.78 is 5.27. The van der Waals surface area contributed by atoms with Crippen LogP contribution < -0.4 is 5.32 Å². The molecule has 5 heteroatoms. The quantitative estimate of drug-likeness (QED) is 0.830. The Kier molecular flexibility index (Phi) is 4.68. The summed E-state index contributed by atoms with van der Waals surface area (Å²) in [7, 11) is 1.65. The van der Waals surface area contributed by atoms with Gasteiger partial charge in [-0.25, -0.2) is 0 Å². The van der Waals surface area contributed by atoms with E-state index in [0.29, 0.717) is 6.61 Å². The zero-order valence-corrected chi connectivity index (χ0v) is 12.8. The second kappa shape index (κ2) is 6.12. The first-order valence-corrected chi connectivity index (χ1v) is 7.69. The van der Waals surface area contributed by atoms with Gasteiger partial charge in [0.1, 0.15) is 11.6 Å². The van der Waals surface area contributed by atoms with E-state index in [1.165, 1.54) is 0 Å². The van der Waals surface area contributed by atoms with Crippen LogP contribution in [0.4, 0.5) is 0 Å². The number of methoxy groups -OCH3 is 1. The minimum Gasteiger partial charge on any atom is -0.383 e. The van der Waals surface area contributed by atoms with Gasteiger partial charge in [-0.3, -0.25) is 9.59 Å². The van der Waals surface area contributed by atoms with Gasteiger partial charge in [0, 0.05) is 7.11 Å². The smallest absolute Gasteiger partial charge is 0.249 e. The molecular formula is C15H26N2O3. The van der Waals surface area contributed by atoms with Crippen molar-refractivity contribution in [1.29, 1.82) is 0 Å². The molecule has 2 amide bonds. The first-order valence-electron chi connectivity index (χ1n) is 7.69. The first kappa shape index (κ1) is 15.3. The second-order valence-corrected chi connectivity index (χ2v) is 6.06. The molecule has 2 aliphatic rings. The van der Waals surface area contributed by atoms with Crippen LogP contribution in [0.2, 0.25) is 0 Å². The van der Waals surface area contributed by atoms with E-state index >= 15 is 0 Å². The Labute approximate surface area is 121 Å². The van der Waals surface area contributed by atoms with Gasteiger partial charge >= 0.3 is 0 Å². The molecule has 114 valence electrons. The van der Waals surface area contributed by atoms with Crippen LogP contribution in [-0.2, 0) is 14.3 Å². The number of nitrogens with one attached hydrogen (secondary N) is 1. The zero-order valence-electron chi connectivity index (χ0n) is 12.8. The monoisotopic (exact) mass is 282 g/mol. The van der Waals surface area contributed by atoms with E-state index in [1.54, 1.807) is 12.0 Å². The number of nitrogens with zero attached hydrogens (tertiary/aromatic N) is 1. The molecule has 0 radical (unpaired) electrons. The normalized spacial score (nSPS) is 26.9. The molecule has 2 fully saturated rings. The summed E-state index contributed by atoms with van der Waals surface area (Å²) in [6.45, 7) is 4.40. The Bertz CT molecular complexity index is 371. The van der Waals surface area contributed by atoms with Crippen LogP contribution in [0.15, 0.2) is 0 Å². The average Bonchev–Trinajstić information content (AvgIpc) is 2.87. The number of hydrogen-bond acceptors (Lipinski definition) is 3. The van der Waals surface area contributed by atoms with E-state index in [0.717, 1.165) is 38.5 Å². The van der Waals surface area contributed by atoms with Crippen LogP contribution in [0.3, 0.4) is 0 Å². The third-order valence-electron chi connectivity index (χ3n) is 4.63. The molecule has 0 aromatic rings. The predicted octanol–water partition coefficient (Wildman–Crippen LogP) is 1.46. The highest BCUT2D eigenvalue weighted by molar-refractivity contribution is 6.00. The topological polar surface area (TPSA) is 58.6 Å². The fourth-order valence-electron chi connectivity index (χ4n) is 3.57. The highest BCUT2D eigenvalue weighted by atomic mass is 16.5. The third-order valence-corrected chi connectivity index (χ3v) is 4.63. The van der Waals surface area contributed by atoms with Crippen LogP contribution in [-0.4, -0.2) is 48.1 Å².